The van der Waals surface area contributed by atoms with Gasteiger partial charge in [-0.25, -0.2) is 4.79 Å². The van der Waals surface area contributed by atoms with Crippen LogP contribution in [0.4, 0.5) is 4.79 Å². The van der Waals surface area contributed by atoms with E-state index in [-0.39, 0.29) is 12.1 Å². The van der Waals surface area contributed by atoms with Crippen LogP contribution in [0.25, 0.3) is 0 Å². The Balaban J connectivity index is 2.44. The topological polar surface area (TPSA) is 38.3 Å². The Morgan fingerprint density at radius 1 is 1.27 bits per heavy atom. The van der Waals surface area contributed by atoms with E-state index in [1.165, 1.54) is 32.1 Å². The lowest BCUT2D eigenvalue weighted by molar-refractivity contribution is 0.140. The van der Waals surface area contributed by atoms with Crippen LogP contribution in [0.15, 0.2) is 12.2 Å². The minimum atomic E-state index is -0.261. The van der Waals surface area contributed by atoms with Gasteiger partial charge in [-0.15, -0.1) is 0 Å². The molecule has 22 heavy (non-hydrogen) atoms. The summed E-state index contributed by atoms with van der Waals surface area (Å²) in [6.45, 7) is 7.05. The summed E-state index contributed by atoms with van der Waals surface area (Å²) in [4.78, 5) is 11.9. The van der Waals surface area contributed by atoms with Crippen molar-refractivity contribution in [2.45, 2.75) is 84.6 Å². The van der Waals surface area contributed by atoms with E-state index >= 15 is 0 Å². The molecule has 0 radical (unpaired) electrons. The lowest BCUT2D eigenvalue weighted by Gasteiger charge is -2.25. The fourth-order valence-corrected chi connectivity index (χ4v) is 2.98. The lowest BCUT2D eigenvalue weighted by Crippen LogP contribution is -2.36. The molecule has 0 aliphatic heterocycles. The highest BCUT2D eigenvalue weighted by Gasteiger charge is 2.19. The van der Waals surface area contributed by atoms with Crippen molar-refractivity contribution in [3.05, 3.63) is 12.2 Å². The van der Waals surface area contributed by atoms with Gasteiger partial charge >= 0.3 is 6.09 Å². The Bertz CT molecular complexity index is 319. The molecule has 1 aliphatic rings. The van der Waals surface area contributed by atoms with Crippen molar-refractivity contribution in [1.29, 1.82) is 0 Å². The average Bonchev–Trinajstić information content (AvgIpc) is 2.48. The molecule has 1 atom stereocenters. The Hall–Kier alpha value is -0.990. The van der Waals surface area contributed by atoms with Crippen molar-refractivity contribution in [2.24, 2.45) is 11.8 Å². The van der Waals surface area contributed by atoms with Crippen LogP contribution in [0.1, 0.15) is 78.6 Å². The molecule has 1 saturated carbocycles. The molecule has 1 amide bonds. The third kappa shape index (κ3) is 9.11. The summed E-state index contributed by atoms with van der Waals surface area (Å²) in [5, 5.41) is 3.05. The number of alkyl carbamates (subject to hydrolysis) is 1. The molecule has 0 aromatic carbocycles. The molecule has 3 nitrogen and oxygen atoms in total. The SMILES string of the molecule is CCCCOC(=O)N[C@H](C=CCC(C)C)CC1CCCCC1. The number of rotatable bonds is 9. The van der Waals surface area contributed by atoms with Crippen LogP contribution in [0.3, 0.4) is 0 Å². The predicted octanol–water partition coefficient (Wildman–Crippen LogP) is 5.45. The van der Waals surface area contributed by atoms with Crippen molar-refractivity contribution < 1.29 is 9.53 Å². The number of carbonyl (C=O) groups is 1. The smallest absolute Gasteiger partial charge is 0.407 e. The molecule has 1 aliphatic carbocycles. The summed E-state index contributed by atoms with van der Waals surface area (Å²) < 4.78 is 5.25. The molecule has 0 bridgehead atoms. The molecule has 0 saturated heterocycles. The number of amides is 1. The van der Waals surface area contributed by atoms with Crippen molar-refractivity contribution in [1.82, 2.24) is 5.32 Å². The highest BCUT2D eigenvalue weighted by molar-refractivity contribution is 5.67. The van der Waals surface area contributed by atoms with Crippen LogP contribution >= 0.6 is 0 Å². The number of ether oxygens (including phenoxy) is 1. The largest absolute Gasteiger partial charge is 0.450 e. The maximum atomic E-state index is 11.9. The van der Waals surface area contributed by atoms with Gasteiger partial charge < -0.3 is 10.1 Å². The van der Waals surface area contributed by atoms with E-state index in [0.29, 0.717) is 12.5 Å². The number of hydrogen-bond acceptors (Lipinski definition) is 2. The second kappa shape index (κ2) is 11.6. The van der Waals surface area contributed by atoms with Crippen LogP contribution in [0.5, 0.6) is 0 Å². The van der Waals surface area contributed by atoms with Gasteiger partial charge in [0.05, 0.1) is 12.6 Å². The molecular formula is C19H35NO2. The first kappa shape index (κ1) is 19.1. The van der Waals surface area contributed by atoms with Gasteiger partial charge in [-0.05, 0) is 31.1 Å². The first-order chi connectivity index (χ1) is 10.6. The lowest BCUT2D eigenvalue weighted by atomic mass is 9.84. The standard InChI is InChI=1S/C19H35NO2/c1-4-5-14-22-19(21)20-18(13-9-10-16(2)3)15-17-11-7-6-8-12-17/h9,13,16-18H,4-8,10-12,14-15H2,1-3H3,(H,20,21)/t18-/m1/s1. The normalized spacial score (nSPS) is 17.8. The molecule has 0 aromatic heterocycles. The molecule has 0 spiro atoms. The zero-order valence-electron chi connectivity index (χ0n) is 14.8. The molecule has 3 heteroatoms. The van der Waals surface area contributed by atoms with Crippen molar-refractivity contribution in [3.63, 3.8) is 0 Å². The third-order valence-corrected chi connectivity index (χ3v) is 4.32. The van der Waals surface area contributed by atoms with Gasteiger partial charge in [-0.1, -0.05) is 71.4 Å². The van der Waals surface area contributed by atoms with Gasteiger partial charge in [0.1, 0.15) is 0 Å². The second-order valence-electron chi connectivity index (χ2n) is 7.04. The quantitative estimate of drug-likeness (QED) is 0.454. The van der Waals surface area contributed by atoms with Crippen molar-refractivity contribution in [3.8, 4) is 0 Å². The van der Waals surface area contributed by atoms with E-state index < -0.39 is 0 Å². The summed E-state index contributed by atoms with van der Waals surface area (Å²) in [6, 6.07) is 0.121. The Kier molecular flexibility index (Phi) is 10.0. The number of unbranched alkanes of at least 4 members (excludes halogenated alkanes) is 1. The van der Waals surface area contributed by atoms with Gasteiger partial charge in [0.25, 0.3) is 0 Å². The van der Waals surface area contributed by atoms with Crippen LogP contribution in [0.2, 0.25) is 0 Å². The zero-order chi connectivity index (χ0) is 16.2. The van der Waals surface area contributed by atoms with Gasteiger partial charge in [0.2, 0.25) is 0 Å². The Labute approximate surface area is 136 Å². The van der Waals surface area contributed by atoms with Crippen LogP contribution in [-0.4, -0.2) is 18.7 Å². The Morgan fingerprint density at radius 2 is 2.00 bits per heavy atom. The number of carbonyl (C=O) groups excluding carboxylic acids is 1. The molecular weight excluding hydrogens is 274 g/mol. The fraction of sp³-hybridized carbons (Fsp3) is 0.842. The van der Waals surface area contributed by atoms with Gasteiger partial charge in [-0.2, -0.15) is 0 Å². The minimum absolute atomic E-state index is 0.121. The van der Waals surface area contributed by atoms with E-state index in [2.05, 4.69) is 38.2 Å². The van der Waals surface area contributed by atoms with E-state index in [4.69, 9.17) is 4.74 Å². The molecule has 0 heterocycles. The summed E-state index contributed by atoms with van der Waals surface area (Å²) in [5.74, 6) is 1.40. The van der Waals surface area contributed by atoms with E-state index in [1.807, 2.05) is 0 Å². The van der Waals surface area contributed by atoms with Crippen molar-refractivity contribution in [2.75, 3.05) is 6.61 Å². The molecule has 128 valence electrons. The first-order valence-corrected chi connectivity index (χ1v) is 9.21. The molecule has 1 N–H and O–H groups in total. The minimum Gasteiger partial charge on any atom is -0.450 e. The third-order valence-electron chi connectivity index (χ3n) is 4.32. The van der Waals surface area contributed by atoms with E-state index in [0.717, 1.165) is 31.6 Å². The number of nitrogens with one attached hydrogen (secondary N) is 1. The summed E-state index contributed by atoms with van der Waals surface area (Å²) in [5.41, 5.74) is 0. The molecule has 0 unspecified atom stereocenters. The highest BCUT2D eigenvalue weighted by atomic mass is 16.5. The summed E-state index contributed by atoms with van der Waals surface area (Å²) >= 11 is 0. The Morgan fingerprint density at radius 3 is 2.64 bits per heavy atom. The predicted molar refractivity (Wildman–Crippen MR) is 93.0 cm³/mol. The molecule has 1 rings (SSSR count). The van der Waals surface area contributed by atoms with Gasteiger partial charge in [0, 0.05) is 0 Å². The monoisotopic (exact) mass is 309 g/mol. The second-order valence-corrected chi connectivity index (χ2v) is 7.04. The van der Waals surface area contributed by atoms with E-state index in [9.17, 15) is 4.79 Å². The van der Waals surface area contributed by atoms with Gasteiger partial charge in [0.15, 0.2) is 0 Å². The maximum absolute atomic E-state index is 11.9. The van der Waals surface area contributed by atoms with Crippen molar-refractivity contribution >= 4 is 6.09 Å². The van der Waals surface area contributed by atoms with Gasteiger partial charge in [-0.3, -0.25) is 0 Å². The summed E-state index contributed by atoms with van der Waals surface area (Å²) in [7, 11) is 0. The van der Waals surface area contributed by atoms with E-state index in [1.54, 1.807) is 0 Å². The molecule has 1 fully saturated rings. The van der Waals surface area contributed by atoms with Crippen LogP contribution < -0.4 is 5.32 Å². The van der Waals surface area contributed by atoms with Crippen LogP contribution in [0, 0.1) is 11.8 Å². The summed E-state index contributed by atoms with van der Waals surface area (Å²) in [6.07, 6.45) is 14.9. The average molecular weight is 309 g/mol. The number of hydrogen-bond donors (Lipinski definition) is 1. The fourth-order valence-electron chi connectivity index (χ4n) is 2.98. The first-order valence-electron chi connectivity index (χ1n) is 9.21. The van der Waals surface area contributed by atoms with Crippen LogP contribution in [-0.2, 0) is 4.74 Å². The highest BCUT2D eigenvalue weighted by Crippen LogP contribution is 2.27. The zero-order valence-corrected chi connectivity index (χ0v) is 14.8. The number of allylic oxidation sites excluding steroid dienone is 1. The molecule has 0 aromatic rings. The maximum Gasteiger partial charge on any atom is 0.407 e.